The fourth-order valence-corrected chi connectivity index (χ4v) is 2.59. The molecule has 0 saturated carbocycles. The van der Waals surface area contributed by atoms with Gasteiger partial charge in [0.25, 0.3) is 5.91 Å². The first kappa shape index (κ1) is 15.8. The smallest absolute Gasteiger partial charge is 0.258 e. The third-order valence-corrected chi connectivity index (χ3v) is 4.22. The summed E-state index contributed by atoms with van der Waals surface area (Å²) in [5.41, 5.74) is 0.0515. The molecule has 0 aliphatic carbocycles. The summed E-state index contributed by atoms with van der Waals surface area (Å²) in [7, 11) is 0. The normalized spacial score (nSPS) is 19.9. The number of hydroxylamine groups is 2. The minimum absolute atomic E-state index is 0.127. The summed E-state index contributed by atoms with van der Waals surface area (Å²) in [5, 5.41) is 1.93. The molecule has 1 saturated heterocycles. The average Bonchev–Trinajstić information content (AvgIpc) is 2.74. The summed E-state index contributed by atoms with van der Waals surface area (Å²) in [4.78, 5) is 18.4. The van der Waals surface area contributed by atoms with E-state index in [-0.39, 0.29) is 12.5 Å². The lowest BCUT2D eigenvalue weighted by molar-refractivity contribution is -0.217. The van der Waals surface area contributed by atoms with Crippen molar-refractivity contribution >= 4 is 17.5 Å². The van der Waals surface area contributed by atoms with E-state index in [2.05, 4.69) is 0 Å². The van der Waals surface area contributed by atoms with E-state index >= 15 is 0 Å². The summed E-state index contributed by atoms with van der Waals surface area (Å²) in [6.07, 6.45) is -0.681. The van der Waals surface area contributed by atoms with Crippen LogP contribution in [-0.2, 0) is 16.2 Å². The van der Waals surface area contributed by atoms with Crippen LogP contribution in [0.25, 0.3) is 0 Å². The molecular weight excluding hydrogens is 314 g/mol. The molecule has 0 radical (unpaired) electrons. The number of benzene rings is 2. The van der Waals surface area contributed by atoms with Crippen LogP contribution in [0.5, 0.6) is 5.75 Å². The molecule has 2 aromatic rings. The van der Waals surface area contributed by atoms with E-state index in [4.69, 9.17) is 21.2 Å². The molecule has 5 heteroatoms. The van der Waals surface area contributed by atoms with Gasteiger partial charge in [0.05, 0.1) is 6.54 Å². The molecule has 4 nitrogen and oxygen atoms in total. The van der Waals surface area contributed by atoms with Gasteiger partial charge < -0.3 is 4.74 Å². The van der Waals surface area contributed by atoms with Crippen LogP contribution in [0, 0.1) is 5.41 Å². The number of ether oxygens (including phenoxy) is 1. The van der Waals surface area contributed by atoms with E-state index in [0.29, 0.717) is 10.8 Å². The topological polar surface area (TPSA) is 38.8 Å². The van der Waals surface area contributed by atoms with Gasteiger partial charge in [-0.15, -0.1) is 0 Å². The van der Waals surface area contributed by atoms with Gasteiger partial charge in [0, 0.05) is 5.02 Å². The molecule has 3 rings (SSSR count). The first-order valence-electron chi connectivity index (χ1n) is 7.42. The third-order valence-electron chi connectivity index (χ3n) is 3.85. The Morgan fingerprint density at radius 2 is 1.78 bits per heavy atom. The number of para-hydroxylation sites is 1. The second-order valence-electron chi connectivity index (χ2n) is 6.02. The summed E-state index contributed by atoms with van der Waals surface area (Å²) >= 11 is 6.16. The minimum Gasteiger partial charge on any atom is -0.462 e. The highest BCUT2D eigenvalue weighted by molar-refractivity contribution is 6.31. The summed E-state index contributed by atoms with van der Waals surface area (Å²) < 4.78 is 5.84. The number of halogens is 1. The Morgan fingerprint density at radius 3 is 2.48 bits per heavy atom. The average molecular weight is 332 g/mol. The molecule has 120 valence electrons. The molecular formula is C18H18ClNO3. The lowest BCUT2D eigenvalue weighted by Gasteiger charge is -2.21. The van der Waals surface area contributed by atoms with Gasteiger partial charge in [0.2, 0.25) is 6.29 Å². The molecule has 1 aliphatic heterocycles. The molecule has 1 unspecified atom stereocenters. The Kier molecular flexibility index (Phi) is 4.28. The molecule has 0 aromatic heterocycles. The fourth-order valence-electron chi connectivity index (χ4n) is 2.40. The minimum atomic E-state index is -0.781. The first-order valence-corrected chi connectivity index (χ1v) is 7.80. The van der Waals surface area contributed by atoms with Crippen LogP contribution in [0.3, 0.4) is 0 Å². The van der Waals surface area contributed by atoms with Crippen molar-refractivity contribution in [2.45, 2.75) is 26.7 Å². The van der Waals surface area contributed by atoms with Crippen LogP contribution in [0.4, 0.5) is 0 Å². The highest BCUT2D eigenvalue weighted by Crippen LogP contribution is 2.36. The van der Waals surface area contributed by atoms with Crippen molar-refractivity contribution in [3.8, 4) is 5.75 Å². The van der Waals surface area contributed by atoms with Crippen LogP contribution in [0.1, 0.15) is 19.4 Å². The van der Waals surface area contributed by atoms with Gasteiger partial charge in [-0.25, -0.2) is 9.90 Å². The van der Waals surface area contributed by atoms with Gasteiger partial charge >= 0.3 is 0 Å². The SMILES string of the molecule is CC1(C)C(=O)N(Cc2ccccc2Cl)OC1Oc1ccccc1. The van der Waals surface area contributed by atoms with Gasteiger partial charge in [-0.05, 0) is 37.6 Å². The quantitative estimate of drug-likeness (QED) is 0.848. The molecule has 1 atom stereocenters. The van der Waals surface area contributed by atoms with Crippen LogP contribution in [-0.4, -0.2) is 17.3 Å². The number of carbonyl (C=O) groups is 1. The largest absolute Gasteiger partial charge is 0.462 e. The van der Waals surface area contributed by atoms with E-state index in [1.807, 2.05) is 62.4 Å². The molecule has 2 aromatic carbocycles. The zero-order chi connectivity index (χ0) is 16.4. The van der Waals surface area contributed by atoms with Gasteiger partial charge in [0.1, 0.15) is 11.2 Å². The number of carbonyl (C=O) groups excluding carboxylic acids is 1. The molecule has 0 spiro atoms. The van der Waals surface area contributed by atoms with Crippen molar-refractivity contribution in [3.05, 3.63) is 65.2 Å². The van der Waals surface area contributed by atoms with E-state index in [1.165, 1.54) is 5.06 Å². The Hall–Kier alpha value is -2.04. The maximum atomic E-state index is 12.6. The maximum absolute atomic E-state index is 12.6. The van der Waals surface area contributed by atoms with Crippen LogP contribution in [0.15, 0.2) is 54.6 Å². The lowest BCUT2D eigenvalue weighted by atomic mass is 9.92. The lowest BCUT2D eigenvalue weighted by Crippen LogP contribution is -2.35. The second-order valence-corrected chi connectivity index (χ2v) is 6.43. The summed E-state index contributed by atoms with van der Waals surface area (Å²) in [5.74, 6) is 0.538. The van der Waals surface area contributed by atoms with Crippen LogP contribution < -0.4 is 4.74 Å². The Morgan fingerprint density at radius 1 is 1.13 bits per heavy atom. The number of rotatable bonds is 4. The zero-order valence-corrected chi connectivity index (χ0v) is 13.8. The molecule has 1 fully saturated rings. The Bertz CT molecular complexity index is 702. The van der Waals surface area contributed by atoms with Gasteiger partial charge in [-0.1, -0.05) is 48.0 Å². The van der Waals surface area contributed by atoms with Crippen LogP contribution in [0.2, 0.25) is 5.02 Å². The van der Waals surface area contributed by atoms with Crippen molar-refractivity contribution in [1.82, 2.24) is 5.06 Å². The van der Waals surface area contributed by atoms with E-state index in [9.17, 15) is 4.79 Å². The van der Waals surface area contributed by atoms with Crippen molar-refractivity contribution in [2.75, 3.05) is 0 Å². The second kappa shape index (κ2) is 6.22. The monoisotopic (exact) mass is 331 g/mol. The zero-order valence-electron chi connectivity index (χ0n) is 13.0. The molecule has 1 aliphatic rings. The number of nitrogens with zero attached hydrogens (tertiary/aromatic N) is 1. The fraction of sp³-hybridized carbons (Fsp3) is 0.278. The maximum Gasteiger partial charge on any atom is 0.258 e. The number of amides is 1. The molecule has 1 heterocycles. The molecule has 0 N–H and O–H groups in total. The van der Waals surface area contributed by atoms with Crippen LogP contribution >= 0.6 is 11.6 Å². The van der Waals surface area contributed by atoms with Gasteiger partial charge in [-0.3, -0.25) is 4.79 Å². The molecule has 0 bridgehead atoms. The van der Waals surface area contributed by atoms with Crippen molar-refractivity contribution in [1.29, 1.82) is 0 Å². The highest BCUT2D eigenvalue weighted by Gasteiger charge is 2.51. The van der Waals surface area contributed by atoms with Gasteiger partial charge in [0.15, 0.2) is 0 Å². The standard InChI is InChI=1S/C18H18ClNO3/c1-18(2)16(21)20(12-13-8-6-7-11-15(13)19)23-17(18)22-14-9-4-3-5-10-14/h3-11,17H,12H2,1-2H3. The molecule has 1 amide bonds. The number of hydrogen-bond donors (Lipinski definition) is 0. The van der Waals surface area contributed by atoms with E-state index in [1.54, 1.807) is 6.07 Å². The third kappa shape index (κ3) is 3.19. The van der Waals surface area contributed by atoms with E-state index < -0.39 is 11.7 Å². The predicted molar refractivity (Wildman–Crippen MR) is 87.7 cm³/mol. The first-order chi connectivity index (χ1) is 11.0. The Balaban J connectivity index is 1.77. The van der Waals surface area contributed by atoms with Crippen molar-refractivity contribution in [3.63, 3.8) is 0 Å². The highest BCUT2D eigenvalue weighted by atomic mass is 35.5. The summed E-state index contributed by atoms with van der Waals surface area (Å²) in [6.45, 7) is 3.92. The number of hydrogen-bond acceptors (Lipinski definition) is 3. The van der Waals surface area contributed by atoms with Crippen molar-refractivity contribution in [2.24, 2.45) is 5.41 Å². The molecule has 23 heavy (non-hydrogen) atoms. The van der Waals surface area contributed by atoms with E-state index in [0.717, 1.165) is 5.56 Å². The predicted octanol–water partition coefficient (Wildman–Crippen LogP) is 4.05. The Labute approximate surface area is 140 Å². The van der Waals surface area contributed by atoms with Gasteiger partial charge in [-0.2, -0.15) is 0 Å². The summed E-state index contributed by atoms with van der Waals surface area (Å²) in [6, 6.07) is 16.7. The van der Waals surface area contributed by atoms with Crippen molar-refractivity contribution < 1.29 is 14.4 Å².